The minimum absolute atomic E-state index is 0.0105. The van der Waals surface area contributed by atoms with Gasteiger partial charge in [0.1, 0.15) is 22.7 Å². The Labute approximate surface area is 170 Å². The molecule has 0 spiro atoms. The van der Waals surface area contributed by atoms with Gasteiger partial charge in [-0.15, -0.1) is 0 Å². The fourth-order valence-corrected chi connectivity index (χ4v) is 3.95. The molecule has 0 atom stereocenters. The quantitative estimate of drug-likeness (QED) is 0.527. The van der Waals surface area contributed by atoms with Crippen molar-refractivity contribution in [3.05, 3.63) is 55.8 Å². The molecule has 0 saturated heterocycles. The molecule has 0 saturated carbocycles. The number of hydrogen-bond acceptors (Lipinski definition) is 8. The summed E-state index contributed by atoms with van der Waals surface area (Å²) in [5, 5.41) is 0.733. The molecular formula is C22H20N2O6. The van der Waals surface area contributed by atoms with Crippen LogP contribution in [0.2, 0.25) is 0 Å². The molecule has 2 aromatic carbocycles. The first-order chi connectivity index (χ1) is 14.3. The zero-order valence-corrected chi connectivity index (χ0v) is 16.9. The highest BCUT2D eigenvalue weighted by atomic mass is 16.5. The van der Waals surface area contributed by atoms with E-state index in [9.17, 15) is 9.59 Å². The smallest absolute Gasteiger partial charge is 0.195 e. The van der Waals surface area contributed by atoms with Crippen LogP contribution < -0.4 is 31.8 Å². The summed E-state index contributed by atoms with van der Waals surface area (Å²) in [7, 11) is 3.01. The van der Waals surface area contributed by atoms with E-state index in [1.807, 2.05) is 0 Å². The van der Waals surface area contributed by atoms with E-state index in [-0.39, 0.29) is 22.6 Å². The number of methoxy groups -OCH3 is 2. The molecule has 4 aromatic rings. The third-order valence-electron chi connectivity index (χ3n) is 5.19. The maximum absolute atomic E-state index is 12.7. The lowest BCUT2D eigenvalue weighted by Crippen LogP contribution is -2.08. The standard InChI is InChI=1S/C22H20N2O6/c1-9-19-11(25)5-17(23)29-15(19)7-13(27-3)21(9)22-10(2)20-12(26)6-18(24)30-16(20)8-14(22)28-4/h5-8H,23-24H2,1-4H3. The van der Waals surface area contributed by atoms with Crippen LogP contribution in [0.1, 0.15) is 11.1 Å². The van der Waals surface area contributed by atoms with Gasteiger partial charge >= 0.3 is 0 Å². The molecule has 8 heteroatoms. The number of anilines is 2. The van der Waals surface area contributed by atoms with Crippen molar-refractivity contribution in [1.29, 1.82) is 0 Å². The molecule has 154 valence electrons. The molecule has 0 aliphatic carbocycles. The summed E-state index contributed by atoms with van der Waals surface area (Å²) in [4.78, 5) is 25.3. The van der Waals surface area contributed by atoms with Crippen LogP contribution in [0.4, 0.5) is 11.8 Å². The first-order valence-electron chi connectivity index (χ1n) is 9.09. The molecule has 0 amide bonds. The van der Waals surface area contributed by atoms with Gasteiger partial charge in [0.05, 0.1) is 25.0 Å². The number of hydrogen-bond donors (Lipinski definition) is 2. The first-order valence-corrected chi connectivity index (χ1v) is 9.09. The fourth-order valence-electron chi connectivity index (χ4n) is 3.95. The maximum Gasteiger partial charge on any atom is 0.195 e. The predicted octanol–water partition coefficient (Wildman–Crippen LogP) is 3.36. The lowest BCUT2D eigenvalue weighted by molar-refractivity contribution is 0.409. The molecule has 0 aliphatic heterocycles. The molecule has 0 aliphatic rings. The molecular weight excluding hydrogens is 388 g/mol. The van der Waals surface area contributed by atoms with Gasteiger partial charge in [0.25, 0.3) is 0 Å². The summed E-state index contributed by atoms with van der Waals surface area (Å²) >= 11 is 0. The molecule has 0 radical (unpaired) electrons. The van der Waals surface area contributed by atoms with Gasteiger partial charge in [-0.2, -0.15) is 0 Å². The van der Waals surface area contributed by atoms with E-state index < -0.39 is 0 Å². The first kappa shape index (κ1) is 19.4. The molecule has 8 nitrogen and oxygen atoms in total. The summed E-state index contributed by atoms with van der Waals surface area (Å²) in [5.74, 6) is 0.899. The van der Waals surface area contributed by atoms with Crippen LogP contribution in [0.15, 0.2) is 42.7 Å². The number of fused-ring (bicyclic) bond motifs is 2. The van der Waals surface area contributed by atoms with Crippen molar-refractivity contribution >= 4 is 33.7 Å². The number of nitrogen functional groups attached to an aromatic ring is 2. The van der Waals surface area contributed by atoms with Crippen LogP contribution in [0.25, 0.3) is 33.1 Å². The third-order valence-corrected chi connectivity index (χ3v) is 5.19. The zero-order valence-electron chi connectivity index (χ0n) is 16.9. The van der Waals surface area contributed by atoms with Gasteiger partial charge in [-0.3, -0.25) is 9.59 Å². The Morgan fingerprint density at radius 2 is 1.07 bits per heavy atom. The van der Waals surface area contributed by atoms with Gasteiger partial charge in [-0.1, -0.05) is 0 Å². The van der Waals surface area contributed by atoms with Gasteiger partial charge in [0.15, 0.2) is 22.6 Å². The highest BCUT2D eigenvalue weighted by Gasteiger charge is 2.24. The lowest BCUT2D eigenvalue weighted by atomic mass is 9.90. The predicted molar refractivity (Wildman–Crippen MR) is 115 cm³/mol. The average Bonchev–Trinajstić information content (AvgIpc) is 2.66. The second-order valence-electron chi connectivity index (χ2n) is 6.93. The van der Waals surface area contributed by atoms with Gasteiger partial charge < -0.3 is 29.8 Å². The average molecular weight is 408 g/mol. The number of benzene rings is 2. The second-order valence-corrected chi connectivity index (χ2v) is 6.93. The molecule has 30 heavy (non-hydrogen) atoms. The van der Waals surface area contributed by atoms with Crippen molar-refractivity contribution in [2.75, 3.05) is 25.7 Å². The molecule has 2 heterocycles. The van der Waals surface area contributed by atoms with E-state index >= 15 is 0 Å². The summed E-state index contributed by atoms with van der Waals surface area (Å²) in [6.45, 7) is 3.56. The highest BCUT2D eigenvalue weighted by Crippen LogP contribution is 2.45. The number of rotatable bonds is 3. The number of nitrogens with two attached hydrogens (primary N) is 2. The minimum Gasteiger partial charge on any atom is -0.496 e. The summed E-state index contributed by atoms with van der Waals surface area (Å²) in [6, 6.07) is 5.66. The van der Waals surface area contributed by atoms with Gasteiger partial charge in [0, 0.05) is 35.4 Å². The van der Waals surface area contributed by atoms with E-state index in [2.05, 4.69) is 0 Å². The van der Waals surface area contributed by atoms with Crippen molar-refractivity contribution < 1.29 is 18.3 Å². The van der Waals surface area contributed by atoms with Gasteiger partial charge in [-0.25, -0.2) is 0 Å². The van der Waals surface area contributed by atoms with Crippen LogP contribution in [0.5, 0.6) is 11.5 Å². The second kappa shape index (κ2) is 6.84. The molecule has 4 N–H and O–H groups in total. The van der Waals surface area contributed by atoms with Crippen LogP contribution in [-0.2, 0) is 0 Å². The molecule has 4 rings (SSSR count). The topological polar surface area (TPSA) is 131 Å². The number of ether oxygens (including phenoxy) is 2. The van der Waals surface area contributed by atoms with Crippen LogP contribution >= 0.6 is 0 Å². The Kier molecular flexibility index (Phi) is 4.42. The van der Waals surface area contributed by atoms with Crippen LogP contribution in [0.3, 0.4) is 0 Å². The van der Waals surface area contributed by atoms with E-state index in [1.54, 1.807) is 26.0 Å². The van der Waals surface area contributed by atoms with Crippen molar-refractivity contribution in [2.45, 2.75) is 13.8 Å². The lowest BCUT2D eigenvalue weighted by Gasteiger charge is -2.19. The number of aryl methyl sites for hydroxylation is 2. The van der Waals surface area contributed by atoms with Crippen molar-refractivity contribution in [3.63, 3.8) is 0 Å². The van der Waals surface area contributed by atoms with E-state index in [0.29, 0.717) is 55.7 Å². The largest absolute Gasteiger partial charge is 0.496 e. The Hall–Kier alpha value is -3.94. The Morgan fingerprint density at radius 3 is 1.40 bits per heavy atom. The van der Waals surface area contributed by atoms with Crippen LogP contribution in [-0.4, -0.2) is 14.2 Å². The molecule has 0 fully saturated rings. The van der Waals surface area contributed by atoms with Crippen LogP contribution in [0, 0.1) is 13.8 Å². The Balaban J connectivity index is 2.22. The fraction of sp³-hybridized carbons (Fsp3) is 0.182. The summed E-state index contributed by atoms with van der Waals surface area (Å²) in [5.41, 5.74) is 13.9. The highest BCUT2D eigenvalue weighted by molar-refractivity contribution is 5.99. The maximum atomic E-state index is 12.7. The van der Waals surface area contributed by atoms with Crippen molar-refractivity contribution in [2.24, 2.45) is 0 Å². The SMILES string of the molecule is COc1cc2oc(N)cc(=O)c2c(C)c1-c1c(OC)cc2oc(N)cc(=O)c2c1C. The van der Waals surface area contributed by atoms with Crippen molar-refractivity contribution in [1.82, 2.24) is 0 Å². The summed E-state index contributed by atoms with van der Waals surface area (Å²) in [6.07, 6.45) is 0. The molecule has 0 bridgehead atoms. The van der Waals surface area contributed by atoms with Crippen molar-refractivity contribution in [3.8, 4) is 22.6 Å². The van der Waals surface area contributed by atoms with Gasteiger partial charge in [0.2, 0.25) is 0 Å². The third kappa shape index (κ3) is 2.76. The van der Waals surface area contributed by atoms with E-state index in [1.165, 1.54) is 26.4 Å². The van der Waals surface area contributed by atoms with E-state index in [4.69, 9.17) is 29.8 Å². The monoisotopic (exact) mass is 408 g/mol. The van der Waals surface area contributed by atoms with Gasteiger partial charge in [-0.05, 0) is 25.0 Å². The van der Waals surface area contributed by atoms with E-state index in [0.717, 1.165) is 0 Å². The Morgan fingerprint density at radius 1 is 0.700 bits per heavy atom. The zero-order chi connectivity index (χ0) is 21.7. The molecule has 0 unspecified atom stereocenters. The summed E-state index contributed by atoms with van der Waals surface area (Å²) < 4.78 is 22.3. The minimum atomic E-state index is -0.278. The molecule has 2 aromatic heterocycles. The normalized spacial score (nSPS) is 11.2. The Bertz CT molecular complexity index is 1340.